The van der Waals surface area contributed by atoms with Crippen LogP contribution in [0.5, 0.6) is 5.75 Å². The summed E-state index contributed by atoms with van der Waals surface area (Å²) in [4.78, 5) is 2.53. The fraction of sp³-hybridized carbons (Fsp3) is 0.474. The Kier molecular flexibility index (Phi) is 8.31. The maximum atomic E-state index is 10.6. The third kappa shape index (κ3) is 4.15. The van der Waals surface area contributed by atoms with E-state index >= 15 is 0 Å². The summed E-state index contributed by atoms with van der Waals surface area (Å²) in [6, 6.07) is 12.5. The number of aromatic hydroxyl groups is 1. The smallest absolute Gasteiger partial charge is 0.121 e. The van der Waals surface area contributed by atoms with Gasteiger partial charge in [-0.2, -0.15) is 0 Å². The summed E-state index contributed by atoms with van der Waals surface area (Å²) in [5.74, 6) is 0.942. The number of rotatable bonds is 4. The number of benzene rings is 2. The maximum Gasteiger partial charge on any atom is 0.121 e. The number of halogens is 2. The molecule has 0 aliphatic carbocycles. The first-order valence-corrected chi connectivity index (χ1v) is 8.37. The lowest BCUT2D eigenvalue weighted by molar-refractivity contribution is 0.127. The van der Waals surface area contributed by atoms with Gasteiger partial charge in [0.25, 0.3) is 0 Å². The van der Waals surface area contributed by atoms with Crippen molar-refractivity contribution in [3.8, 4) is 5.75 Å². The van der Waals surface area contributed by atoms with Gasteiger partial charge >= 0.3 is 0 Å². The zero-order valence-electron chi connectivity index (χ0n) is 14.4. The molecule has 5 heteroatoms. The first-order chi connectivity index (χ1) is 10.7. The molecule has 1 unspecified atom stereocenters. The second kappa shape index (κ2) is 9.47. The first-order valence-electron chi connectivity index (χ1n) is 8.37. The van der Waals surface area contributed by atoms with Gasteiger partial charge in [0.1, 0.15) is 5.75 Å². The molecule has 0 radical (unpaired) electrons. The maximum absolute atomic E-state index is 10.6. The van der Waals surface area contributed by atoms with Gasteiger partial charge in [0.2, 0.25) is 0 Å². The zero-order valence-corrected chi connectivity index (χ0v) is 16.0. The quantitative estimate of drug-likeness (QED) is 0.837. The summed E-state index contributed by atoms with van der Waals surface area (Å²) in [5.41, 5.74) is 1.11. The molecule has 3 nitrogen and oxygen atoms in total. The average Bonchev–Trinajstić information content (AvgIpc) is 2.58. The molecule has 0 spiro atoms. The molecule has 1 saturated heterocycles. The first kappa shape index (κ1) is 21.0. The van der Waals surface area contributed by atoms with Crippen molar-refractivity contribution in [2.24, 2.45) is 5.92 Å². The molecule has 1 aliphatic rings. The lowest BCUT2D eigenvalue weighted by atomic mass is 9.87. The van der Waals surface area contributed by atoms with Gasteiger partial charge in [-0.1, -0.05) is 50.6 Å². The van der Waals surface area contributed by atoms with Crippen molar-refractivity contribution in [2.45, 2.75) is 26.3 Å². The lowest BCUT2D eigenvalue weighted by Crippen LogP contribution is -2.46. The number of hydrogen-bond acceptors (Lipinski definition) is 3. The predicted octanol–water partition coefficient (Wildman–Crippen LogP) is 4.38. The van der Waals surface area contributed by atoms with Crippen molar-refractivity contribution in [3.05, 3.63) is 42.0 Å². The van der Waals surface area contributed by atoms with Crippen LogP contribution < -0.4 is 5.32 Å². The van der Waals surface area contributed by atoms with Crippen molar-refractivity contribution in [1.29, 1.82) is 0 Å². The average molecular weight is 371 g/mol. The highest BCUT2D eigenvalue weighted by Gasteiger charge is 2.29. The molecular weight excluding hydrogens is 343 g/mol. The van der Waals surface area contributed by atoms with Gasteiger partial charge in [0.05, 0.1) is 0 Å². The van der Waals surface area contributed by atoms with Gasteiger partial charge in [-0.05, 0) is 22.8 Å². The van der Waals surface area contributed by atoms with E-state index in [0.29, 0.717) is 11.7 Å². The van der Waals surface area contributed by atoms with Crippen LogP contribution in [0.25, 0.3) is 10.8 Å². The molecule has 1 fully saturated rings. The molecule has 1 aliphatic heterocycles. The summed E-state index contributed by atoms with van der Waals surface area (Å²) >= 11 is 0. The van der Waals surface area contributed by atoms with Crippen LogP contribution in [0.4, 0.5) is 0 Å². The predicted molar refractivity (Wildman–Crippen MR) is 107 cm³/mol. The Labute approximate surface area is 157 Å². The fourth-order valence-electron chi connectivity index (χ4n) is 3.61. The standard InChI is InChI=1S/C19H26N2O.2ClH/c1-3-14(2)19(21-12-10-20-11-13-21)18-16-7-5-4-6-15(16)8-9-17(18)22;;/h4-9,14,19-20,22H,3,10-13H2,1-2H3;2*1H/t14?,19-;;/m0../s1. The number of piperazine rings is 1. The van der Waals surface area contributed by atoms with E-state index in [2.05, 4.69) is 48.3 Å². The van der Waals surface area contributed by atoms with Gasteiger partial charge in [0.15, 0.2) is 0 Å². The largest absolute Gasteiger partial charge is 0.508 e. The number of hydrogen-bond donors (Lipinski definition) is 2. The van der Waals surface area contributed by atoms with E-state index in [1.807, 2.05) is 12.1 Å². The van der Waals surface area contributed by atoms with Gasteiger partial charge in [-0.15, -0.1) is 24.8 Å². The van der Waals surface area contributed by atoms with Crippen LogP contribution in [-0.4, -0.2) is 36.2 Å². The van der Waals surface area contributed by atoms with Crippen LogP contribution in [0.2, 0.25) is 0 Å². The topological polar surface area (TPSA) is 35.5 Å². The van der Waals surface area contributed by atoms with Crippen LogP contribution >= 0.6 is 24.8 Å². The number of nitrogens with zero attached hydrogens (tertiary/aromatic N) is 1. The van der Waals surface area contributed by atoms with Gasteiger partial charge in [-0.3, -0.25) is 4.90 Å². The highest BCUT2D eigenvalue weighted by atomic mass is 35.5. The molecule has 3 rings (SSSR count). The number of nitrogens with one attached hydrogen (secondary N) is 1. The van der Waals surface area contributed by atoms with Crippen LogP contribution in [0.1, 0.15) is 31.9 Å². The molecule has 0 amide bonds. The Morgan fingerprint density at radius 1 is 1.08 bits per heavy atom. The minimum Gasteiger partial charge on any atom is -0.508 e. The highest BCUT2D eigenvalue weighted by Crippen LogP contribution is 2.40. The minimum atomic E-state index is 0. The molecule has 0 saturated carbocycles. The third-order valence-corrected chi connectivity index (χ3v) is 4.97. The molecule has 1 heterocycles. The number of fused-ring (bicyclic) bond motifs is 1. The molecule has 2 atom stereocenters. The van der Waals surface area contributed by atoms with E-state index < -0.39 is 0 Å². The van der Waals surface area contributed by atoms with Gasteiger partial charge < -0.3 is 10.4 Å². The molecule has 0 aromatic heterocycles. The summed E-state index contributed by atoms with van der Waals surface area (Å²) in [6.07, 6.45) is 1.11. The molecule has 2 aromatic carbocycles. The highest BCUT2D eigenvalue weighted by molar-refractivity contribution is 5.88. The van der Waals surface area contributed by atoms with Crippen LogP contribution in [0.3, 0.4) is 0 Å². The summed E-state index contributed by atoms with van der Waals surface area (Å²) < 4.78 is 0. The summed E-state index contributed by atoms with van der Waals surface area (Å²) in [5, 5.41) is 16.4. The summed E-state index contributed by atoms with van der Waals surface area (Å²) in [6.45, 7) is 8.67. The molecule has 2 N–H and O–H groups in total. The Bertz CT molecular complexity index is 644. The van der Waals surface area contributed by atoms with E-state index in [-0.39, 0.29) is 30.9 Å². The second-order valence-electron chi connectivity index (χ2n) is 6.34. The van der Waals surface area contributed by atoms with E-state index in [9.17, 15) is 5.11 Å². The van der Waals surface area contributed by atoms with Crippen molar-refractivity contribution >= 4 is 35.6 Å². The van der Waals surface area contributed by atoms with E-state index in [4.69, 9.17) is 0 Å². The Morgan fingerprint density at radius 3 is 2.42 bits per heavy atom. The molecule has 0 bridgehead atoms. The SMILES string of the molecule is CCC(C)[C@@H](c1c(O)ccc2ccccc12)N1CCNCC1.Cl.Cl. The normalized spacial score (nSPS) is 17.6. The minimum absolute atomic E-state index is 0. The Hall–Kier alpha value is -1.00. The Balaban J connectivity index is 0.00000144. The molecule has 24 heavy (non-hydrogen) atoms. The van der Waals surface area contributed by atoms with Crippen molar-refractivity contribution in [3.63, 3.8) is 0 Å². The monoisotopic (exact) mass is 370 g/mol. The second-order valence-corrected chi connectivity index (χ2v) is 6.34. The van der Waals surface area contributed by atoms with E-state index in [1.165, 1.54) is 10.8 Å². The van der Waals surface area contributed by atoms with Crippen LogP contribution in [0.15, 0.2) is 36.4 Å². The van der Waals surface area contributed by atoms with Crippen molar-refractivity contribution < 1.29 is 5.11 Å². The van der Waals surface area contributed by atoms with E-state index in [1.54, 1.807) is 0 Å². The number of phenolic OH excluding ortho intramolecular Hbond substituents is 1. The van der Waals surface area contributed by atoms with Gasteiger partial charge in [-0.25, -0.2) is 0 Å². The number of phenols is 1. The molecular formula is C19H28Cl2N2O. The molecule has 134 valence electrons. The van der Waals surface area contributed by atoms with E-state index in [0.717, 1.165) is 38.2 Å². The van der Waals surface area contributed by atoms with Crippen LogP contribution in [-0.2, 0) is 0 Å². The van der Waals surface area contributed by atoms with Crippen molar-refractivity contribution in [2.75, 3.05) is 26.2 Å². The Morgan fingerprint density at radius 2 is 1.75 bits per heavy atom. The lowest BCUT2D eigenvalue weighted by Gasteiger charge is -2.39. The molecule has 2 aromatic rings. The fourth-order valence-corrected chi connectivity index (χ4v) is 3.61. The zero-order chi connectivity index (χ0) is 15.5. The van der Waals surface area contributed by atoms with Crippen molar-refractivity contribution in [1.82, 2.24) is 10.2 Å². The summed E-state index contributed by atoms with van der Waals surface area (Å²) in [7, 11) is 0. The van der Waals surface area contributed by atoms with Gasteiger partial charge in [0, 0.05) is 37.8 Å². The van der Waals surface area contributed by atoms with Crippen LogP contribution in [0, 0.1) is 5.92 Å². The third-order valence-electron chi connectivity index (χ3n) is 4.97.